The summed E-state index contributed by atoms with van der Waals surface area (Å²) < 4.78 is 27.2. The molecule has 0 saturated carbocycles. The molecule has 5 nitrogen and oxygen atoms in total. The molecule has 7 heteroatoms. The van der Waals surface area contributed by atoms with Gasteiger partial charge in [0.25, 0.3) is 10.0 Å². The molecule has 0 radical (unpaired) electrons. The lowest BCUT2D eigenvalue weighted by Gasteiger charge is -2.24. The van der Waals surface area contributed by atoms with Crippen LogP contribution in [0.25, 0.3) is 0 Å². The van der Waals surface area contributed by atoms with Crippen molar-refractivity contribution in [2.75, 3.05) is 17.4 Å². The quantitative estimate of drug-likeness (QED) is 0.752. The van der Waals surface area contributed by atoms with Gasteiger partial charge in [0.2, 0.25) is 5.91 Å². The Labute approximate surface area is 153 Å². The molecular weight excluding hydrogens is 360 g/mol. The molecule has 0 aliphatic carbocycles. The molecule has 2 aromatic carbocycles. The summed E-state index contributed by atoms with van der Waals surface area (Å²) in [5, 5.41) is 3.03. The van der Waals surface area contributed by atoms with Gasteiger partial charge in [-0.05, 0) is 48.9 Å². The average molecular weight is 379 g/mol. The van der Waals surface area contributed by atoms with E-state index < -0.39 is 15.9 Å². The Morgan fingerprint density at radius 1 is 1.24 bits per heavy atom. The van der Waals surface area contributed by atoms with E-state index in [-0.39, 0.29) is 18.0 Å². The first kappa shape index (κ1) is 19.0. The van der Waals surface area contributed by atoms with Crippen LogP contribution in [-0.4, -0.2) is 27.4 Å². The van der Waals surface area contributed by atoms with Gasteiger partial charge in [-0.1, -0.05) is 29.8 Å². The van der Waals surface area contributed by atoms with Gasteiger partial charge in [-0.15, -0.1) is 6.58 Å². The van der Waals surface area contributed by atoms with E-state index in [1.54, 1.807) is 18.2 Å². The highest BCUT2D eigenvalue weighted by atomic mass is 35.5. The molecule has 2 rings (SSSR count). The predicted octanol–water partition coefficient (Wildman–Crippen LogP) is 3.15. The second-order valence-corrected chi connectivity index (χ2v) is 7.70. The summed E-state index contributed by atoms with van der Waals surface area (Å²) in [6, 6.07) is 12.8. The van der Waals surface area contributed by atoms with E-state index in [9.17, 15) is 13.2 Å². The molecule has 0 aliphatic rings. The molecule has 0 fully saturated rings. The number of nitrogens with one attached hydrogen (secondary N) is 1. The number of anilines is 1. The van der Waals surface area contributed by atoms with Gasteiger partial charge in [0.05, 0.1) is 10.6 Å². The van der Waals surface area contributed by atoms with Crippen LogP contribution in [0.15, 0.2) is 66.1 Å². The van der Waals surface area contributed by atoms with E-state index in [0.29, 0.717) is 10.7 Å². The molecule has 0 aliphatic heterocycles. The van der Waals surface area contributed by atoms with Crippen LogP contribution in [0.4, 0.5) is 5.69 Å². The normalized spacial score (nSPS) is 11.0. The summed E-state index contributed by atoms with van der Waals surface area (Å²) in [5.74, 6) is -0.418. The number of aryl methyl sites for hydroxylation is 1. The van der Waals surface area contributed by atoms with Crippen molar-refractivity contribution in [3.63, 3.8) is 0 Å². The molecule has 0 atom stereocenters. The molecule has 1 N–H and O–H groups in total. The molecule has 2 aromatic rings. The molecule has 0 unspecified atom stereocenters. The zero-order chi connectivity index (χ0) is 18.4. The third-order valence-corrected chi connectivity index (χ3v) is 5.46. The van der Waals surface area contributed by atoms with Crippen LogP contribution in [0, 0.1) is 6.92 Å². The molecule has 0 bridgehead atoms. The summed E-state index contributed by atoms with van der Waals surface area (Å²) in [5.41, 5.74) is 1.31. The lowest BCUT2D eigenvalue weighted by atomic mass is 10.2. The number of halogens is 1. The zero-order valence-corrected chi connectivity index (χ0v) is 15.3. The van der Waals surface area contributed by atoms with Crippen molar-refractivity contribution in [1.82, 2.24) is 5.32 Å². The van der Waals surface area contributed by atoms with Gasteiger partial charge in [-0.25, -0.2) is 8.42 Å². The van der Waals surface area contributed by atoms with E-state index in [2.05, 4.69) is 11.9 Å². The van der Waals surface area contributed by atoms with Gasteiger partial charge in [-0.3, -0.25) is 9.10 Å². The Morgan fingerprint density at radius 2 is 1.92 bits per heavy atom. The monoisotopic (exact) mass is 378 g/mol. The maximum absolute atomic E-state index is 13.0. The van der Waals surface area contributed by atoms with Gasteiger partial charge >= 0.3 is 0 Å². The summed E-state index contributed by atoms with van der Waals surface area (Å²) in [7, 11) is -3.92. The van der Waals surface area contributed by atoms with Gasteiger partial charge in [0.15, 0.2) is 0 Å². The molecule has 132 valence electrons. The number of rotatable bonds is 7. The molecule has 0 spiro atoms. The maximum Gasteiger partial charge on any atom is 0.264 e. The van der Waals surface area contributed by atoms with Crippen molar-refractivity contribution in [3.05, 3.63) is 71.8 Å². The minimum Gasteiger partial charge on any atom is -0.351 e. The highest BCUT2D eigenvalue weighted by molar-refractivity contribution is 7.92. The molecular formula is C18H19ClN2O3S. The highest BCUT2D eigenvalue weighted by Crippen LogP contribution is 2.25. The first-order chi connectivity index (χ1) is 11.8. The lowest BCUT2D eigenvalue weighted by molar-refractivity contribution is -0.119. The van der Waals surface area contributed by atoms with Crippen LogP contribution in [0.2, 0.25) is 5.02 Å². The molecule has 0 heterocycles. The standard InChI is InChI=1S/C18H19ClN2O3S/c1-3-11-20-18(22)13-21(16-6-4-5-14(2)12-16)25(23,24)17-9-7-15(19)8-10-17/h3-10,12H,1,11,13H2,2H3,(H,20,22). The van der Waals surface area contributed by atoms with Crippen LogP contribution in [0.3, 0.4) is 0 Å². The SMILES string of the molecule is C=CCNC(=O)CN(c1cccc(C)c1)S(=O)(=O)c1ccc(Cl)cc1. The Morgan fingerprint density at radius 3 is 2.52 bits per heavy atom. The fourth-order valence-corrected chi connectivity index (χ4v) is 3.74. The first-order valence-electron chi connectivity index (χ1n) is 7.57. The number of sulfonamides is 1. The number of nitrogens with zero attached hydrogens (tertiary/aromatic N) is 1. The smallest absolute Gasteiger partial charge is 0.264 e. The van der Waals surface area contributed by atoms with Crippen molar-refractivity contribution < 1.29 is 13.2 Å². The number of carbonyl (C=O) groups excluding carboxylic acids is 1. The number of hydrogen-bond donors (Lipinski definition) is 1. The number of benzene rings is 2. The first-order valence-corrected chi connectivity index (χ1v) is 9.39. The van der Waals surface area contributed by atoms with Crippen LogP contribution in [-0.2, 0) is 14.8 Å². The van der Waals surface area contributed by atoms with Crippen molar-refractivity contribution in [2.24, 2.45) is 0 Å². The average Bonchev–Trinajstić information content (AvgIpc) is 2.58. The minimum absolute atomic E-state index is 0.0647. The van der Waals surface area contributed by atoms with Gasteiger partial charge in [0.1, 0.15) is 6.54 Å². The second kappa shape index (κ2) is 8.18. The van der Waals surface area contributed by atoms with Crippen LogP contribution >= 0.6 is 11.6 Å². The summed E-state index contributed by atoms with van der Waals surface area (Å²) >= 11 is 5.84. The van der Waals surface area contributed by atoms with Gasteiger partial charge in [-0.2, -0.15) is 0 Å². The molecule has 1 amide bonds. The van der Waals surface area contributed by atoms with E-state index in [1.165, 1.54) is 30.3 Å². The van der Waals surface area contributed by atoms with Crippen molar-refractivity contribution >= 4 is 33.2 Å². The van der Waals surface area contributed by atoms with Crippen LogP contribution in [0.5, 0.6) is 0 Å². The molecule has 25 heavy (non-hydrogen) atoms. The Balaban J connectivity index is 2.44. The fraction of sp³-hybridized carbons (Fsp3) is 0.167. The lowest BCUT2D eigenvalue weighted by Crippen LogP contribution is -2.41. The third-order valence-electron chi connectivity index (χ3n) is 3.42. The summed E-state index contributed by atoms with van der Waals surface area (Å²) in [6.45, 7) is 5.32. The topological polar surface area (TPSA) is 66.5 Å². The predicted molar refractivity (Wildman–Crippen MR) is 100 cm³/mol. The summed E-state index contributed by atoms with van der Waals surface area (Å²) in [4.78, 5) is 12.2. The largest absolute Gasteiger partial charge is 0.351 e. The van der Waals surface area contributed by atoms with Gasteiger partial charge in [0, 0.05) is 11.6 Å². The van der Waals surface area contributed by atoms with E-state index in [1.807, 2.05) is 13.0 Å². The zero-order valence-electron chi connectivity index (χ0n) is 13.8. The number of amides is 1. The molecule has 0 aromatic heterocycles. The molecule has 0 saturated heterocycles. The Kier molecular flexibility index (Phi) is 6.22. The fourth-order valence-electron chi connectivity index (χ4n) is 2.20. The maximum atomic E-state index is 13.0. The van der Waals surface area contributed by atoms with Crippen molar-refractivity contribution in [1.29, 1.82) is 0 Å². The van der Waals surface area contributed by atoms with Crippen molar-refractivity contribution in [2.45, 2.75) is 11.8 Å². The van der Waals surface area contributed by atoms with Crippen LogP contribution < -0.4 is 9.62 Å². The minimum atomic E-state index is -3.92. The number of hydrogen-bond acceptors (Lipinski definition) is 3. The second-order valence-electron chi connectivity index (χ2n) is 5.40. The Bertz CT molecular complexity index is 864. The third kappa shape index (κ3) is 4.84. The highest BCUT2D eigenvalue weighted by Gasteiger charge is 2.27. The van der Waals surface area contributed by atoms with Crippen LogP contribution in [0.1, 0.15) is 5.56 Å². The Hall–Kier alpha value is -2.31. The number of carbonyl (C=O) groups is 1. The van der Waals surface area contributed by atoms with E-state index in [0.717, 1.165) is 9.87 Å². The van der Waals surface area contributed by atoms with E-state index in [4.69, 9.17) is 11.6 Å². The van der Waals surface area contributed by atoms with Gasteiger partial charge < -0.3 is 5.32 Å². The summed E-state index contributed by atoms with van der Waals surface area (Å²) in [6.07, 6.45) is 1.53. The van der Waals surface area contributed by atoms with Crippen molar-refractivity contribution in [3.8, 4) is 0 Å². The van der Waals surface area contributed by atoms with E-state index >= 15 is 0 Å².